The lowest BCUT2D eigenvalue weighted by atomic mass is 10.0. The maximum absolute atomic E-state index is 13.1. The molecule has 1 N–H and O–H groups in total. The third kappa shape index (κ3) is 4.07. The minimum atomic E-state index is -0.156. The van der Waals surface area contributed by atoms with Crippen molar-refractivity contribution in [1.82, 2.24) is 4.90 Å². The highest BCUT2D eigenvalue weighted by Gasteiger charge is 2.41. The molecule has 2 aliphatic rings. The van der Waals surface area contributed by atoms with Gasteiger partial charge in [-0.25, -0.2) is 4.39 Å². The third-order valence-corrected chi connectivity index (χ3v) is 7.16. The van der Waals surface area contributed by atoms with E-state index in [2.05, 4.69) is 11.8 Å². The van der Waals surface area contributed by atoms with Crippen LogP contribution in [0.3, 0.4) is 0 Å². The van der Waals surface area contributed by atoms with Crippen LogP contribution in [0.1, 0.15) is 31.2 Å². The quantitative estimate of drug-likeness (QED) is 0.787. The van der Waals surface area contributed by atoms with E-state index in [0.29, 0.717) is 16.9 Å². The molecular formula is C22H26FNOS. The van der Waals surface area contributed by atoms with Gasteiger partial charge in [-0.2, -0.15) is 0 Å². The number of nitrogens with zero attached hydrogens (tertiary/aromatic N) is 1. The maximum atomic E-state index is 13.1. The largest absolute Gasteiger partial charge is 0.508 e. The van der Waals surface area contributed by atoms with Gasteiger partial charge in [0.15, 0.2) is 0 Å². The van der Waals surface area contributed by atoms with Crippen LogP contribution in [0, 0.1) is 17.7 Å². The molecule has 0 amide bonds. The summed E-state index contributed by atoms with van der Waals surface area (Å²) in [7, 11) is 0. The van der Waals surface area contributed by atoms with Crippen molar-refractivity contribution in [3.8, 4) is 5.75 Å². The molecule has 0 aromatic heterocycles. The lowest BCUT2D eigenvalue weighted by molar-refractivity contribution is 0.296. The fraction of sp³-hybridized carbons (Fsp3) is 0.455. The smallest absolute Gasteiger partial charge is 0.123 e. The molecule has 1 saturated carbocycles. The Morgan fingerprint density at radius 3 is 2.27 bits per heavy atom. The van der Waals surface area contributed by atoms with Gasteiger partial charge >= 0.3 is 0 Å². The molecule has 4 rings (SSSR count). The molecule has 1 aliphatic carbocycles. The van der Waals surface area contributed by atoms with Gasteiger partial charge in [-0.1, -0.05) is 19.1 Å². The molecule has 1 saturated heterocycles. The van der Waals surface area contributed by atoms with Crippen molar-refractivity contribution >= 4 is 11.8 Å². The average Bonchev–Trinajstić information content (AvgIpc) is 3.15. The number of fused-ring (bicyclic) bond motifs is 1. The molecule has 2 aromatic carbocycles. The van der Waals surface area contributed by atoms with Crippen LogP contribution in [0.25, 0.3) is 0 Å². The van der Waals surface area contributed by atoms with Gasteiger partial charge in [-0.15, -0.1) is 11.8 Å². The molecule has 26 heavy (non-hydrogen) atoms. The SMILES string of the molecule is CC(CN1C[C@H]2C[C@H](Sc3ccc(F)cc3)C[C@H]2C1)c1ccc(O)cc1. The van der Waals surface area contributed by atoms with Crippen LogP contribution in [-0.4, -0.2) is 34.9 Å². The number of phenolic OH excluding ortho intramolecular Hbond substituents is 1. The van der Waals surface area contributed by atoms with Gasteiger partial charge < -0.3 is 10.0 Å². The van der Waals surface area contributed by atoms with Crippen molar-refractivity contribution in [3.63, 3.8) is 0 Å². The molecule has 4 atom stereocenters. The fourth-order valence-electron chi connectivity index (χ4n) is 4.59. The Hall–Kier alpha value is -1.52. The number of hydrogen-bond donors (Lipinski definition) is 1. The number of phenols is 1. The van der Waals surface area contributed by atoms with Crippen LogP contribution in [-0.2, 0) is 0 Å². The number of hydrogen-bond acceptors (Lipinski definition) is 3. The molecular weight excluding hydrogens is 345 g/mol. The standard InChI is InChI=1S/C22H26FNOS/c1-15(16-2-6-20(25)7-3-16)12-24-13-17-10-22(11-18(17)14-24)26-21-8-4-19(23)5-9-21/h2-9,15,17-18,22,25H,10-14H2,1H3/t15?,17-,18+,22+. The summed E-state index contributed by atoms with van der Waals surface area (Å²) >= 11 is 1.92. The normalized spacial score (nSPS) is 26.8. The van der Waals surface area contributed by atoms with Crippen LogP contribution >= 0.6 is 11.8 Å². The number of aromatic hydroxyl groups is 1. The fourth-order valence-corrected chi connectivity index (χ4v) is 5.95. The first-order valence-electron chi connectivity index (χ1n) is 9.50. The van der Waals surface area contributed by atoms with E-state index < -0.39 is 0 Å². The zero-order valence-corrected chi connectivity index (χ0v) is 16.0. The number of rotatable bonds is 5. The summed E-state index contributed by atoms with van der Waals surface area (Å²) in [5.41, 5.74) is 1.30. The van der Waals surface area contributed by atoms with Gasteiger partial charge in [0.05, 0.1) is 0 Å². The first kappa shape index (κ1) is 17.9. The molecule has 0 radical (unpaired) electrons. The van der Waals surface area contributed by atoms with E-state index in [1.165, 1.54) is 36.4 Å². The Kier molecular flexibility index (Phi) is 5.23. The Labute approximate surface area is 159 Å². The first-order valence-corrected chi connectivity index (χ1v) is 10.4. The van der Waals surface area contributed by atoms with Crippen molar-refractivity contribution in [1.29, 1.82) is 0 Å². The van der Waals surface area contributed by atoms with E-state index in [4.69, 9.17) is 0 Å². The van der Waals surface area contributed by atoms with Crippen molar-refractivity contribution in [2.45, 2.75) is 35.8 Å². The zero-order valence-electron chi connectivity index (χ0n) is 15.1. The van der Waals surface area contributed by atoms with Gasteiger partial charge in [0.25, 0.3) is 0 Å². The monoisotopic (exact) mass is 371 g/mol. The lowest BCUT2D eigenvalue weighted by Crippen LogP contribution is -2.27. The molecule has 0 bridgehead atoms. The Balaban J connectivity index is 1.28. The zero-order chi connectivity index (χ0) is 18.1. The predicted molar refractivity (Wildman–Crippen MR) is 105 cm³/mol. The van der Waals surface area contributed by atoms with Gasteiger partial charge in [0, 0.05) is 29.8 Å². The molecule has 1 aliphatic heterocycles. The minimum absolute atomic E-state index is 0.156. The van der Waals surface area contributed by atoms with Gasteiger partial charge in [-0.05, 0) is 72.6 Å². The molecule has 0 spiro atoms. The van der Waals surface area contributed by atoms with Crippen LogP contribution in [0.5, 0.6) is 5.75 Å². The average molecular weight is 372 g/mol. The summed E-state index contributed by atoms with van der Waals surface area (Å²) in [5, 5.41) is 10.1. The highest BCUT2D eigenvalue weighted by molar-refractivity contribution is 8.00. The Bertz CT molecular complexity index is 719. The minimum Gasteiger partial charge on any atom is -0.508 e. The van der Waals surface area contributed by atoms with E-state index >= 15 is 0 Å². The molecule has 1 heterocycles. The summed E-state index contributed by atoms with van der Waals surface area (Å²) in [6, 6.07) is 14.6. The molecule has 2 nitrogen and oxygen atoms in total. The molecule has 138 valence electrons. The van der Waals surface area contributed by atoms with Crippen LogP contribution < -0.4 is 0 Å². The van der Waals surface area contributed by atoms with Crippen LogP contribution in [0.15, 0.2) is 53.4 Å². The second kappa shape index (κ2) is 7.61. The highest BCUT2D eigenvalue weighted by Crippen LogP contribution is 2.45. The molecule has 2 fully saturated rings. The second-order valence-electron chi connectivity index (χ2n) is 7.90. The topological polar surface area (TPSA) is 23.5 Å². The molecule has 2 aromatic rings. The maximum Gasteiger partial charge on any atom is 0.123 e. The van der Waals surface area contributed by atoms with Crippen molar-refractivity contribution in [2.24, 2.45) is 11.8 Å². The van der Waals surface area contributed by atoms with Gasteiger partial charge in [0.2, 0.25) is 0 Å². The Morgan fingerprint density at radius 2 is 1.65 bits per heavy atom. The number of halogens is 1. The third-order valence-electron chi connectivity index (χ3n) is 5.89. The van der Waals surface area contributed by atoms with E-state index in [1.807, 2.05) is 36.0 Å². The van der Waals surface area contributed by atoms with E-state index in [1.54, 1.807) is 24.3 Å². The molecule has 4 heteroatoms. The number of thioether (sulfide) groups is 1. The number of likely N-dealkylation sites (tertiary alicyclic amines) is 1. The van der Waals surface area contributed by atoms with Crippen molar-refractivity contribution < 1.29 is 9.50 Å². The van der Waals surface area contributed by atoms with Gasteiger partial charge in [0.1, 0.15) is 11.6 Å². The van der Waals surface area contributed by atoms with E-state index in [0.717, 1.165) is 18.4 Å². The van der Waals surface area contributed by atoms with Gasteiger partial charge in [-0.3, -0.25) is 0 Å². The summed E-state index contributed by atoms with van der Waals surface area (Å²) in [6.07, 6.45) is 2.55. The van der Waals surface area contributed by atoms with Crippen molar-refractivity contribution in [2.75, 3.05) is 19.6 Å². The highest BCUT2D eigenvalue weighted by atomic mass is 32.2. The summed E-state index contributed by atoms with van der Waals surface area (Å²) in [6.45, 7) is 5.77. The predicted octanol–water partition coefficient (Wildman–Crippen LogP) is 5.14. The summed E-state index contributed by atoms with van der Waals surface area (Å²) in [5.74, 6) is 2.27. The summed E-state index contributed by atoms with van der Waals surface area (Å²) in [4.78, 5) is 3.81. The van der Waals surface area contributed by atoms with Crippen molar-refractivity contribution in [3.05, 3.63) is 59.9 Å². The lowest BCUT2D eigenvalue weighted by Gasteiger charge is -2.23. The van der Waals surface area contributed by atoms with E-state index in [-0.39, 0.29) is 5.82 Å². The number of benzene rings is 2. The summed E-state index contributed by atoms with van der Waals surface area (Å²) < 4.78 is 13.1. The molecule has 1 unspecified atom stereocenters. The second-order valence-corrected chi connectivity index (χ2v) is 9.27. The first-order chi connectivity index (χ1) is 12.6. The Morgan fingerprint density at radius 1 is 1.04 bits per heavy atom. The van der Waals surface area contributed by atoms with Crippen LogP contribution in [0.2, 0.25) is 0 Å². The van der Waals surface area contributed by atoms with E-state index in [9.17, 15) is 9.50 Å². The van der Waals surface area contributed by atoms with Crippen LogP contribution in [0.4, 0.5) is 4.39 Å².